The lowest BCUT2D eigenvalue weighted by Gasteiger charge is -2.13. The van der Waals surface area contributed by atoms with Crippen molar-refractivity contribution in [1.29, 1.82) is 0 Å². The van der Waals surface area contributed by atoms with E-state index in [0.717, 1.165) is 5.39 Å². The molecule has 0 bridgehead atoms. The zero-order chi connectivity index (χ0) is 14.5. The Kier molecular flexibility index (Phi) is 4.86. The molecule has 0 aliphatic rings. The number of rotatable bonds is 7. The van der Waals surface area contributed by atoms with Gasteiger partial charge in [0.1, 0.15) is 12.1 Å². The first-order chi connectivity index (χ1) is 9.56. The summed E-state index contributed by atoms with van der Waals surface area (Å²) in [6, 6.07) is 0. The minimum absolute atomic E-state index is 0.312. The molecule has 0 saturated carbocycles. The molecule has 2 aromatic rings. The van der Waals surface area contributed by atoms with Crippen molar-refractivity contribution in [1.82, 2.24) is 19.7 Å². The highest BCUT2D eigenvalue weighted by Gasteiger charge is 2.09. The third-order valence-corrected chi connectivity index (χ3v) is 2.70. The van der Waals surface area contributed by atoms with Crippen LogP contribution in [0.3, 0.4) is 0 Å². The lowest BCUT2D eigenvalue weighted by Crippen LogP contribution is -2.26. The van der Waals surface area contributed by atoms with Crippen LogP contribution in [0, 0.1) is 5.92 Å². The molecule has 0 aliphatic carbocycles. The number of fused-ring (bicyclic) bond motifs is 1. The standard InChI is InChI=1S/C13H21N5O2/c1-9(2)6-20-7-10(19)4-14-12-11-5-18(3)17-13(11)16-8-15-12/h5,8-10,19H,4,6-7H2,1-3H3,(H,14,15,16,17). The van der Waals surface area contributed by atoms with Crippen LogP contribution >= 0.6 is 0 Å². The summed E-state index contributed by atoms with van der Waals surface area (Å²) in [4.78, 5) is 8.26. The highest BCUT2D eigenvalue weighted by atomic mass is 16.5. The van der Waals surface area contributed by atoms with Gasteiger partial charge in [-0.05, 0) is 5.92 Å². The number of ether oxygens (including phenoxy) is 1. The van der Waals surface area contributed by atoms with E-state index < -0.39 is 6.10 Å². The highest BCUT2D eigenvalue weighted by Crippen LogP contribution is 2.16. The van der Waals surface area contributed by atoms with Crippen LogP contribution in [0.2, 0.25) is 0 Å². The number of aromatic nitrogens is 4. The Bertz CT molecular complexity index is 555. The molecule has 1 atom stereocenters. The topological polar surface area (TPSA) is 85.1 Å². The molecule has 0 radical (unpaired) electrons. The molecule has 7 nitrogen and oxygen atoms in total. The molecule has 0 fully saturated rings. The Hall–Kier alpha value is -1.73. The zero-order valence-corrected chi connectivity index (χ0v) is 12.1. The van der Waals surface area contributed by atoms with Gasteiger partial charge in [0.05, 0.1) is 18.1 Å². The summed E-state index contributed by atoms with van der Waals surface area (Å²) in [5.74, 6) is 1.14. The quantitative estimate of drug-likeness (QED) is 0.780. The summed E-state index contributed by atoms with van der Waals surface area (Å²) in [5, 5.41) is 18.0. The first-order valence-corrected chi connectivity index (χ1v) is 6.70. The van der Waals surface area contributed by atoms with E-state index in [1.165, 1.54) is 6.33 Å². The normalized spacial score (nSPS) is 13.1. The Balaban J connectivity index is 1.89. The molecule has 2 N–H and O–H groups in total. The van der Waals surface area contributed by atoms with Gasteiger partial charge in [-0.25, -0.2) is 9.97 Å². The first kappa shape index (κ1) is 14.7. The van der Waals surface area contributed by atoms with Crippen molar-refractivity contribution in [3.05, 3.63) is 12.5 Å². The van der Waals surface area contributed by atoms with Gasteiger partial charge in [0.15, 0.2) is 5.65 Å². The highest BCUT2D eigenvalue weighted by molar-refractivity contribution is 5.85. The number of aryl methyl sites for hydroxylation is 1. The summed E-state index contributed by atoms with van der Waals surface area (Å²) in [6.45, 7) is 5.48. The van der Waals surface area contributed by atoms with Crippen molar-refractivity contribution < 1.29 is 9.84 Å². The van der Waals surface area contributed by atoms with E-state index in [4.69, 9.17) is 4.74 Å². The molecule has 0 aromatic carbocycles. The molecular formula is C13H21N5O2. The zero-order valence-electron chi connectivity index (χ0n) is 12.1. The van der Waals surface area contributed by atoms with E-state index in [9.17, 15) is 5.11 Å². The molecule has 2 rings (SSSR count). The maximum atomic E-state index is 9.85. The summed E-state index contributed by atoms with van der Waals surface area (Å²) in [7, 11) is 1.83. The van der Waals surface area contributed by atoms with Crippen LogP contribution in [0.4, 0.5) is 5.82 Å². The Morgan fingerprint density at radius 2 is 2.15 bits per heavy atom. The lowest BCUT2D eigenvalue weighted by molar-refractivity contribution is 0.0317. The molecule has 0 spiro atoms. The maximum Gasteiger partial charge on any atom is 0.186 e. The smallest absolute Gasteiger partial charge is 0.186 e. The van der Waals surface area contributed by atoms with Gasteiger partial charge in [0, 0.05) is 26.4 Å². The molecule has 110 valence electrons. The van der Waals surface area contributed by atoms with Crippen LogP contribution in [-0.2, 0) is 11.8 Å². The average molecular weight is 279 g/mol. The predicted octanol–water partition coefficient (Wildman–Crippen LogP) is 0.809. The van der Waals surface area contributed by atoms with Crippen LogP contribution < -0.4 is 5.32 Å². The van der Waals surface area contributed by atoms with Crippen LogP contribution in [0.25, 0.3) is 11.0 Å². The van der Waals surface area contributed by atoms with Gasteiger partial charge < -0.3 is 15.2 Å². The molecule has 0 amide bonds. The molecule has 2 heterocycles. The summed E-state index contributed by atoms with van der Waals surface area (Å²) >= 11 is 0. The fraction of sp³-hybridized carbons (Fsp3) is 0.615. The number of nitrogens with zero attached hydrogens (tertiary/aromatic N) is 4. The summed E-state index contributed by atoms with van der Waals surface area (Å²) < 4.78 is 7.08. The molecule has 7 heteroatoms. The minimum Gasteiger partial charge on any atom is -0.389 e. The predicted molar refractivity (Wildman–Crippen MR) is 76.5 cm³/mol. The van der Waals surface area contributed by atoms with Crippen molar-refractivity contribution in [3.63, 3.8) is 0 Å². The molecular weight excluding hydrogens is 258 g/mol. The number of nitrogens with one attached hydrogen (secondary N) is 1. The van der Waals surface area contributed by atoms with Gasteiger partial charge in [-0.1, -0.05) is 13.8 Å². The van der Waals surface area contributed by atoms with Crippen molar-refractivity contribution >= 4 is 16.9 Å². The fourth-order valence-corrected chi connectivity index (χ4v) is 1.80. The van der Waals surface area contributed by atoms with E-state index in [0.29, 0.717) is 37.1 Å². The van der Waals surface area contributed by atoms with E-state index in [1.807, 2.05) is 13.2 Å². The van der Waals surface area contributed by atoms with Crippen LogP contribution in [-0.4, -0.2) is 50.7 Å². The average Bonchev–Trinajstić information content (AvgIpc) is 2.76. The number of anilines is 1. The third kappa shape index (κ3) is 3.88. The van der Waals surface area contributed by atoms with Gasteiger partial charge in [0.25, 0.3) is 0 Å². The molecule has 0 saturated heterocycles. The Morgan fingerprint density at radius 1 is 1.35 bits per heavy atom. The summed E-state index contributed by atoms with van der Waals surface area (Å²) in [6.07, 6.45) is 2.73. The maximum absolute atomic E-state index is 9.85. The van der Waals surface area contributed by atoms with Gasteiger partial charge in [-0.15, -0.1) is 0 Å². The number of aliphatic hydroxyl groups excluding tert-OH is 1. The van der Waals surface area contributed by atoms with Crippen molar-refractivity contribution in [2.75, 3.05) is 25.1 Å². The van der Waals surface area contributed by atoms with Crippen LogP contribution in [0.15, 0.2) is 12.5 Å². The minimum atomic E-state index is -0.574. The second-order valence-corrected chi connectivity index (χ2v) is 5.23. The number of hydrogen-bond acceptors (Lipinski definition) is 6. The Labute approximate surface area is 118 Å². The number of hydrogen-bond donors (Lipinski definition) is 2. The van der Waals surface area contributed by atoms with Gasteiger partial charge >= 0.3 is 0 Å². The van der Waals surface area contributed by atoms with Crippen molar-refractivity contribution in [2.24, 2.45) is 13.0 Å². The van der Waals surface area contributed by atoms with E-state index >= 15 is 0 Å². The van der Waals surface area contributed by atoms with E-state index in [-0.39, 0.29) is 0 Å². The van der Waals surface area contributed by atoms with Crippen molar-refractivity contribution in [2.45, 2.75) is 20.0 Å². The molecule has 2 aromatic heterocycles. The van der Waals surface area contributed by atoms with Crippen molar-refractivity contribution in [3.8, 4) is 0 Å². The molecule has 1 unspecified atom stereocenters. The fourth-order valence-electron chi connectivity index (χ4n) is 1.80. The third-order valence-electron chi connectivity index (χ3n) is 2.70. The summed E-state index contributed by atoms with van der Waals surface area (Å²) in [5.41, 5.74) is 0.635. The van der Waals surface area contributed by atoms with E-state index in [1.54, 1.807) is 4.68 Å². The van der Waals surface area contributed by atoms with Crippen LogP contribution in [0.1, 0.15) is 13.8 Å². The van der Waals surface area contributed by atoms with Crippen LogP contribution in [0.5, 0.6) is 0 Å². The SMILES string of the molecule is CC(C)COCC(O)CNc1ncnc2nn(C)cc12. The van der Waals surface area contributed by atoms with Gasteiger partial charge in [0.2, 0.25) is 0 Å². The largest absolute Gasteiger partial charge is 0.389 e. The molecule has 20 heavy (non-hydrogen) atoms. The number of aliphatic hydroxyl groups is 1. The lowest BCUT2D eigenvalue weighted by atomic mass is 10.2. The van der Waals surface area contributed by atoms with Gasteiger partial charge in [-0.2, -0.15) is 5.10 Å². The second kappa shape index (κ2) is 6.62. The molecule has 0 aliphatic heterocycles. The van der Waals surface area contributed by atoms with Gasteiger partial charge in [-0.3, -0.25) is 4.68 Å². The monoisotopic (exact) mass is 279 g/mol. The first-order valence-electron chi connectivity index (χ1n) is 6.70. The van der Waals surface area contributed by atoms with E-state index in [2.05, 4.69) is 34.2 Å². The second-order valence-electron chi connectivity index (χ2n) is 5.23. The Morgan fingerprint density at radius 3 is 2.90 bits per heavy atom.